The number of methoxy groups -OCH3 is 2. The van der Waals surface area contributed by atoms with Crippen molar-refractivity contribution < 1.29 is 23.9 Å². The smallest absolute Gasteiger partial charge is 0.255 e. The molecule has 0 bridgehead atoms. The maximum Gasteiger partial charge on any atom is 0.255 e. The van der Waals surface area contributed by atoms with Gasteiger partial charge in [0.1, 0.15) is 5.75 Å². The molecule has 2 heterocycles. The van der Waals surface area contributed by atoms with E-state index in [4.69, 9.17) is 9.47 Å². The molecule has 2 aliphatic rings. The van der Waals surface area contributed by atoms with E-state index in [2.05, 4.69) is 15.6 Å². The average Bonchev–Trinajstić information content (AvgIpc) is 2.73. The molecule has 1 aliphatic carbocycles. The third kappa shape index (κ3) is 4.84. The summed E-state index contributed by atoms with van der Waals surface area (Å²) < 4.78 is 10.9. The summed E-state index contributed by atoms with van der Waals surface area (Å²) in [6.45, 7) is 2.93. The normalized spacial score (nSPS) is 24.6. The summed E-state index contributed by atoms with van der Waals surface area (Å²) in [6, 6.07) is 1.48. The van der Waals surface area contributed by atoms with Crippen molar-refractivity contribution in [2.24, 2.45) is 5.92 Å². The van der Waals surface area contributed by atoms with Gasteiger partial charge in [-0.2, -0.15) is 0 Å². The minimum Gasteiger partial charge on any atom is -0.494 e. The Morgan fingerprint density at radius 1 is 1.31 bits per heavy atom. The molecule has 1 saturated carbocycles. The highest BCUT2D eigenvalue weighted by Crippen LogP contribution is 2.29. The molecule has 3 amide bonds. The molecule has 1 aromatic rings. The Kier molecular flexibility index (Phi) is 6.68. The van der Waals surface area contributed by atoms with Crippen LogP contribution < -0.4 is 15.4 Å². The molecule has 3 atom stereocenters. The molecule has 2 N–H and O–H groups in total. The number of hydrogen-bond donors (Lipinski definition) is 2. The zero-order chi connectivity index (χ0) is 21.0. The maximum atomic E-state index is 12.8. The van der Waals surface area contributed by atoms with Gasteiger partial charge in [-0.25, -0.2) is 0 Å². The van der Waals surface area contributed by atoms with Crippen molar-refractivity contribution in [1.82, 2.24) is 20.5 Å². The SMILES string of the molecule is COc1cnc(C)cc1C(=O)N[C@H]1CC[C@H](C(=O)N2CCNC(=O)C2)C[C@@H]1OC. The van der Waals surface area contributed by atoms with Crippen molar-refractivity contribution in [3.05, 3.63) is 23.5 Å². The van der Waals surface area contributed by atoms with E-state index < -0.39 is 0 Å². The van der Waals surface area contributed by atoms with Crippen molar-refractivity contribution >= 4 is 17.7 Å². The second-order valence-electron chi connectivity index (χ2n) is 7.50. The van der Waals surface area contributed by atoms with Crippen molar-refractivity contribution in [3.63, 3.8) is 0 Å². The highest BCUT2D eigenvalue weighted by molar-refractivity contribution is 5.97. The highest BCUT2D eigenvalue weighted by Gasteiger charge is 2.37. The molecule has 29 heavy (non-hydrogen) atoms. The van der Waals surface area contributed by atoms with Crippen molar-refractivity contribution in [3.8, 4) is 5.75 Å². The number of ether oxygens (including phenoxy) is 2. The lowest BCUT2D eigenvalue weighted by atomic mass is 9.82. The number of piperazine rings is 1. The molecule has 1 aromatic heterocycles. The Morgan fingerprint density at radius 2 is 2.10 bits per heavy atom. The van der Waals surface area contributed by atoms with Gasteiger partial charge in [0, 0.05) is 31.8 Å². The molecular weight excluding hydrogens is 376 g/mol. The minimum atomic E-state index is -0.283. The quantitative estimate of drug-likeness (QED) is 0.729. The Balaban J connectivity index is 1.64. The van der Waals surface area contributed by atoms with Crippen LogP contribution in [-0.2, 0) is 14.3 Å². The van der Waals surface area contributed by atoms with Crippen LogP contribution >= 0.6 is 0 Å². The summed E-state index contributed by atoms with van der Waals surface area (Å²) in [5, 5.41) is 5.75. The van der Waals surface area contributed by atoms with Gasteiger partial charge in [0.2, 0.25) is 11.8 Å². The molecule has 9 nitrogen and oxygen atoms in total. The van der Waals surface area contributed by atoms with E-state index in [0.29, 0.717) is 43.7 Å². The van der Waals surface area contributed by atoms with Crippen LogP contribution in [0.5, 0.6) is 5.75 Å². The Labute approximate surface area is 170 Å². The molecule has 1 saturated heterocycles. The Morgan fingerprint density at radius 3 is 2.79 bits per heavy atom. The first-order valence-electron chi connectivity index (χ1n) is 9.82. The lowest BCUT2D eigenvalue weighted by Crippen LogP contribution is -2.54. The number of hydrogen-bond acceptors (Lipinski definition) is 6. The van der Waals surface area contributed by atoms with Crippen LogP contribution in [-0.4, -0.2) is 73.6 Å². The monoisotopic (exact) mass is 404 g/mol. The molecule has 0 radical (unpaired) electrons. The topological polar surface area (TPSA) is 110 Å². The molecule has 3 rings (SSSR count). The third-order valence-corrected chi connectivity index (χ3v) is 5.58. The van der Waals surface area contributed by atoms with Crippen LogP contribution in [0.2, 0.25) is 0 Å². The van der Waals surface area contributed by atoms with E-state index in [1.54, 1.807) is 18.1 Å². The van der Waals surface area contributed by atoms with Crippen molar-refractivity contribution in [2.45, 2.75) is 38.3 Å². The van der Waals surface area contributed by atoms with Gasteiger partial charge in [-0.15, -0.1) is 0 Å². The molecule has 0 unspecified atom stereocenters. The van der Waals surface area contributed by atoms with E-state index in [1.165, 1.54) is 13.3 Å². The van der Waals surface area contributed by atoms with E-state index >= 15 is 0 Å². The van der Waals surface area contributed by atoms with Gasteiger partial charge >= 0.3 is 0 Å². The largest absolute Gasteiger partial charge is 0.494 e. The minimum absolute atomic E-state index is 0.0156. The van der Waals surface area contributed by atoms with Gasteiger partial charge < -0.3 is 25.0 Å². The number of carbonyl (C=O) groups is 3. The summed E-state index contributed by atoms with van der Waals surface area (Å²) >= 11 is 0. The number of rotatable bonds is 5. The second kappa shape index (κ2) is 9.21. The Hall–Kier alpha value is -2.68. The first-order chi connectivity index (χ1) is 13.9. The summed E-state index contributed by atoms with van der Waals surface area (Å²) in [7, 11) is 3.08. The first-order valence-corrected chi connectivity index (χ1v) is 9.82. The van der Waals surface area contributed by atoms with Crippen LogP contribution in [0.4, 0.5) is 0 Å². The third-order valence-electron chi connectivity index (χ3n) is 5.58. The van der Waals surface area contributed by atoms with Crippen molar-refractivity contribution in [1.29, 1.82) is 0 Å². The number of pyridine rings is 1. The Bertz CT molecular complexity index is 784. The summed E-state index contributed by atoms with van der Waals surface area (Å²) in [5.74, 6) is -0.198. The lowest BCUT2D eigenvalue weighted by Gasteiger charge is -2.37. The maximum absolute atomic E-state index is 12.8. The molecule has 1 aliphatic heterocycles. The highest BCUT2D eigenvalue weighted by atomic mass is 16.5. The summed E-state index contributed by atoms with van der Waals surface area (Å²) in [5.41, 5.74) is 1.14. The molecular formula is C20H28N4O5. The van der Waals surface area contributed by atoms with Crippen molar-refractivity contribution in [2.75, 3.05) is 33.9 Å². The van der Waals surface area contributed by atoms with Gasteiger partial charge in [-0.05, 0) is 32.3 Å². The van der Waals surface area contributed by atoms with Crippen LogP contribution in [0.3, 0.4) is 0 Å². The predicted molar refractivity (Wildman–Crippen MR) is 105 cm³/mol. The van der Waals surface area contributed by atoms with E-state index in [0.717, 1.165) is 5.69 Å². The molecule has 9 heteroatoms. The van der Waals surface area contributed by atoms with Gasteiger partial charge in [-0.3, -0.25) is 19.4 Å². The fourth-order valence-corrected chi connectivity index (χ4v) is 4.00. The van der Waals surface area contributed by atoms with Gasteiger partial charge in [0.15, 0.2) is 0 Å². The number of nitrogens with one attached hydrogen (secondary N) is 2. The fourth-order valence-electron chi connectivity index (χ4n) is 4.00. The first kappa shape index (κ1) is 21.0. The van der Waals surface area contributed by atoms with Gasteiger partial charge in [-0.1, -0.05) is 0 Å². The summed E-state index contributed by atoms with van der Waals surface area (Å²) in [4.78, 5) is 43.0. The average molecular weight is 404 g/mol. The molecule has 158 valence electrons. The number of aryl methyl sites for hydroxylation is 1. The predicted octanol–water partition coefficient (Wildman–Crippen LogP) is 0.271. The van der Waals surface area contributed by atoms with Gasteiger partial charge in [0.05, 0.1) is 37.6 Å². The van der Waals surface area contributed by atoms with Gasteiger partial charge in [0.25, 0.3) is 5.91 Å². The standard InChI is InChI=1S/C20H28N4O5/c1-12-8-14(17(29-3)10-22-12)19(26)23-15-5-4-13(9-16(15)28-2)20(27)24-7-6-21-18(25)11-24/h8,10,13,15-16H,4-7,9,11H2,1-3H3,(H,21,25)(H,23,26)/t13-,15-,16-/m0/s1. The van der Waals surface area contributed by atoms with Crippen LogP contribution in [0.25, 0.3) is 0 Å². The van der Waals surface area contributed by atoms with E-state index in [1.807, 2.05) is 6.92 Å². The number of carbonyl (C=O) groups excluding carboxylic acids is 3. The van der Waals surface area contributed by atoms with Crippen LogP contribution in [0.15, 0.2) is 12.3 Å². The molecule has 0 spiro atoms. The molecule has 2 fully saturated rings. The fraction of sp³-hybridized carbons (Fsp3) is 0.600. The second-order valence-corrected chi connectivity index (χ2v) is 7.50. The zero-order valence-electron chi connectivity index (χ0n) is 17.1. The van der Waals surface area contributed by atoms with Crippen LogP contribution in [0, 0.1) is 12.8 Å². The lowest BCUT2D eigenvalue weighted by molar-refractivity contribution is -0.143. The number of aromatic nitrogens is 1. The number of nitrogens with zero attached hydrogens (tertiary/aromatic N) is 2. The van der Waals surface area contributed by atoms with E-state index in [-0.39, 0.29) is 42.3 Å². The zero-order valence-corrected chi connectivity index (χ0v) is 17.1. The van der Waals surface area contributed by atoms with E-state index in [9.17, 15) is 14.4 Å². The summed E-state index contributed by atoms with van der Waals surface area (Å²) in [6.07, 6.45) is 3.00. The number of amides is 3. The molecule has 0 aromatic carbocycles. The van der Waals surface area contributed by atoms with Crippen LogP contribution in [0.1, 0.15) is 35.3 Å².